The van der Waals surface area contributed by atoms with E-state index in [1.165, 1.54) is 37.1 Å². The molecule has 0 aliphatic carbocycles. The average Bonchev–Trinajstić information content (AvgIpc) is 3.34. The van der Waals surface area contributed by atoms with Gasteiger partial charge in [0.15, 0.2) is 11.5 Å². The van der Waals surface area contributed by atoms with Crippen molar-refractivity contribution in [2.75, 3.05) is 18.5 Å². The summed E-state index contributed by atoms with van der Waals surface area (Å²) < 4.78 is 42.3. The number of benzene rings is 1. The Bertz CT molecular complexity index is 1180. The topological polar surface area (TPSA) is 114 Å². The number of alkyl halides is 3. The third-order valence-electron chi connectivity index (χ3n) is 4.95. The second kappa shape index (κ2) is 9.45. The molecule has 2 amide bonds. The normalized spacial score (nSPS) is 11.5. The summed E-state index contributed by atoms with van der Waals surface area (Å²) >= 11 is 0. The Labute approximate surface area is 187 Å². The van der Waals surface area contributed by atoms with Gasteiger partial charge in [0.25, 0.3) is 11.8 Å². The number of aromatic nitrogens is 4. The molecule has 12 heteroatoms. The fourth-order valence-corrected chi connectivity index (χ4v) is 3.39. The van der Waals surface area contributed by atoms with Gasteiger partial charge in [-0.15, -0.1) is 0 Å². The van der Waals surface area contributed by atoms with Gasteiger partial charge in [-0.3, -0.25) is 14.3 Å². The summed E-state index contributed by atoms with van der Waals surface area (Å²) in [5.74, 6) is -1.06. The number of hydrogen-bond donors (Lipinski definition) is 3. The zero-order valence-corrected chi connectivity index (χ0v) is 18.2. The molecule has 1 aromatic carbocycles. The minimum atomic E-state index is -4.66. The van der Waals surface area contributed by atoms with E-state index in [1.54, 1.807) is 12.1 Å². The van der Waals surface area contributed by atoms with Crippen LogP contribution in [0.4, 0.5) is 18.9 Å². The molecule has 0 atom stereocenters. The molecule has 33 heavy (non-hydrogen) atoms. The Kier molecular flexibility index (Phi) is 6.86. The fourth-order valence-electron chi connectivity index (χ4n) is 3.39. The number of halogens is 3. The monoisotopic (exact) mass is 464 g/mol. The number of nitrogens with zero attached hydrogens (tertiary/aromatic N) is 4. The lowest BCUT2D eigenvalue weighted by Crippen LogP contribution is -2.27. The van der Waals surface area contributed by atoms with Crippen molar-refractivity contribution >= 4 is 17.5 Å². The standard InChI is InChI=1S/C21H23F3N6O3/c1-4-12-9-13(5-6-14(12)19(32)25-7-8-31)27-20(33)18-26-10-16(30(18)3)15-11-29(2)28-17(15)21(22,23)24/h5-6,9-11,31H,4,7-8H2,1-3H3,(H,25,32)(H,27,33). The van der Waals surface area contributed by atoms with Crippen LogP contribution in [0.3, 0.4) is 0 Å². The largest absolute Gasteiger partial charge is 0.435 e. The van der Waals surface area contributed by atoms with E-state index in [2.05, 4.69) is 20.7 Å². The molecule has 0 spiro atoms. The molecule has 0 aliphatic rings. The van der Waals surface area contributed by atoms with E-state index in [1.807, 2.05) is 6.92 Å². The summed E-state index contributed by atoms with van der Waals surface area (Å²) in [5.41, 5.74) is 0.324. The molecule has 9 nitrogen and oxygen atoms in total. The molecule has 3 aromatic rings. The van der Waals surface area contributed by atoms with Crippen LogP contribution in [0, 0.1) is 0 Å². The Morgan fingerprint density at radius 2 is 1.91 bits per heavy atom. The maximum Gasteiger partial charge on any atom is 0.435 e. The fraction of sp³-hybridized carbons (Fsp3) is 0.333. The van der Waals surface area contributed by atoms with Crippen LogP contribution in [0.5, 0.6) is 0 Å². The van der Waals surface area contributed by atoms with Crippen LogP contribution in [-0.2, 0) is 26.7 Å². The van der Waals surface area contributed by atoms with Crippen LogP contribution in [0.25, 0.3) is 11.3 Å². The third-order valence-corrected chi connectivity index (χ3v) is 4.95. The number of hydrogen-bond acceptors (Lipinski definition) is 5. The highest BCUT2D eigenvalue weighted by molar-refractivity contribution is 6.03. The van der Waals surface area contributed by atoms with Crippen molar-refractivity contribution in [2.24, 2.45) is 14.1 Å². The van der Waals surface area contributed by atoms with E-state index < -0.39 is 17.8 Å². The van der Waals surface area contributed by atoms with E-state index >= 15 is 0 Å². The van der Waals surface area contributed by atoms with Crippen LogP contribution in [0.15, 0.2) is 30.6 Å². The van der Waals surface area contributed by atoms with Gasteiger partial charge in [-0.25, -0.2) is 4.98 Å². The highest BCUT2D eigenvalue weighted by Gasteiger charge is 2.38. The van der Waals surface area contributed by atoms with Crippen molar-refractivity contribution in [3.63, 3.8) is 0 Å². The first kappa shape index (κ1) is 24.0. The summed E-state index contributed by atoms with van der Waals surface area (Å²) in [6.45, 7) is 1.78. The predicted octanol–water partition coefficient (Wildman–Crippen LogP) is 2.38. The molecule has 0 saturated heterocycles. The minimum absolute atomic E-state index is 0.0886. The van der Waals surface area contributed by atoms with Crippen molar-refractivity contribution in [2.45, 2.75) is 19.5 Å². The van der Waals surface area contributed by atoms with Gasteiger partial charge in [0.1, 0.15) is 0 Å². The van der Waals surface area contributed by atoms with E-state index in [0.717, 1.165) is 4.68 Å². The molecule has 0 bridgehead atoms. The van der Waals surface area contributed by atoms with Gasteiger partial charge in [0.05, 0.1) is 24.1 Å². The molecule has 0 saturated carbocycles. The highest BCUT2D eigenvalue weighted by Crippen LogP contribution is 2.36. The number of carbonyl (C=O) groups excluding carboxylic acids is 2. The molecule has 2 aromatic heterocycles. The Morgan fingerprint density at radius 1 is 1.18 bits per heavy atom. The zero-order valence-electron chi connectivity index (χ0n) is 18.2. The van der Waals surface area contributed by atoms with Gasteiger partial charge in [0.2, 0.25) is 0 Å². The van der Waals surface area contributed by atoms with Crippen LogP contribution < -0.4 is 10.6 Å². The van der Waals surface area contributed by atoms with E-state index in [9.17, 15) is 22.8 Å². The van der Waals surface area contributed by atoms with Crippen molar-refractivity contribution in [3.8, 4) is 11.3 Å². The van der Waals surface area contributed by atoms with E-state index in [0.29, 0.717) is 23.2 Å². The van der Waals surface area contributed by atoms with Crippen LogP contribution in [-0.4, -0.2) is 49.4 Å². The van der Waals surface area contributed by atoms with Crippen LogP contribution >= 0.6 is 0 Å². The number of amides is 2. The molecule has 2 heterocycles. The molecule has 3 rings (SSSR count). The van der Waals surface area contributed by atoms with E-state index in [-0.39, 0.29) is 36.1 Å². The second-order valence-corrected chi connectivity index (χ2v) is 7.25. The van der Waals surface area contributed by atoms with Gasteiger partial charge in [0, 0.05) is 38.1 Å². The third kappa shape index (κ3) is 5.06. The van der Waals surface area contributed by atoms with E-state index in [4.69, 9.17) is 5.11 Å². The lowest BCUT2D eigenvalue weighted by Gasteiger charge is -2.12. The van der Waals surface area contributed by atoms with Gasteiger partial charge < -0.3 is 20.3 Å². The van der Waals surface area contributed by atoms with Gasteiger partial charge in [-0.2, -0.15) is 18.3 Å². The number of aryl methyl sites for hydroxylation is 2. The number of aliphatic hydroxyl groups is 1. The zero-order chi connectivity index (χ0) is 24.3. The quantitative estimate of drug-likeness (QED) is 0.497. The molecule has 0 radical (unpaired) electrons. The highest BCUT2D eigenvalue weighted by atomic mass is 19.4. The second-order valence-electron chi connectivity index (χ2n) is 7.25. The molecular formula is C21H23F3N6O3. The number of anilines is 1. The number of carbonyl (C=O) groups is 2. The van der Waals surface area contributed by atoms with Crippen molar-refractivity contribution in [1.29, 1.82) is 0 Å². The summed E-state index contributed by atoms with van der Waals surface area (Å²) in [5, 5.41) is 17.6. The lowest BCUT2D eigenvalue weighted by molar-refractivity contribution is -0.141. The SMILES string of the molecule is CCc1cc(NC(=O)c2ncc(-c3cn(C)nc3C(F)(F)F)n2C)ccc1C(=O)NCCO. The molecule has 0 unspecified atom stereocenters. The number of aliphatic hydroxyl groups excluding tert-OH is 1. The summed E-state index contributed by atoms with van der Waals surface area (Å²) in [6.07, 6.45) is -1.74. The molecule has 3 N–H and O–H groups in total. The molecule has 0 aliphatic heterocycles. The first-order valence-electron chi connectivity index (χ1n) is 10.0. The Morgan fingerprint density at radius 3 is 2.55 bits per heavy atom. The van der Waals surface area contributed by atoms with Crippen molar-refractivity contribution in [3.05, 3.63) is 53.2 Å². The summed E-state index contributed by atoms with van der Waals surface area (Å²) in [4.78, 5) is 29.0. The molecule has 176 valence electrons. The minimum Gasteiger partial charge on any atom is -0.395 e. The smallest absolute Gasteiger partial charge is 0.395 e. The maximum atomic E-state index is 13.3. The first-order valence-corrected chi connectivity index (χ1v) is 10.0. The molecular weight excluding hydrogens is 441 g/mol. The number of rotatable bonds is 7. The summed E-state index contributed by atoms with van der Waals surface area (Å²) in [6, 6.07) is 4.73. The Balaban J connectivity index is 1.86. The van der Waals surface area contributed by atoms with Crippen molar-refractivity contribution in [1.82, 2.24) is 24.6 Å². The van der Waals surface area contributed by atoms with Gasteiger partial charge in [-0.1, -0.05) is 6.92 Å². The van der Waals surface area contributed by atoms with Gasteiger partial charge in [-0.05, 0) is 30.2 Å². The average molecular weight is 464 g/mol. The van der Waals surface area contributed by atoms with Gasteiger partial charge >= 0.3 is 6.18 Å². The Hall–Kier alpha value is -3.67. The number of nitrogens with one attached hydrogen (secondary N) is 2. The predicted molar refractivity (Wildman–Crippen MR) is 114 cm³/mol. The first-order chi connectivity index (χ1) is 15.6. The van der Waals surface area contributed by atoms with Crippen LogP contribution in [0.1, 0.15) is 39.2 Å². The molecule has 0 fully saturated rings. The summed E-state index contributed by atoms with van der Waals surface area (Å²) in [7, 11) is 2.82. The van der Waals surface area contributed by atoms with Crippen LogP contribution in [0.2, 0.25) is 0 Å². The lowest BCUT2D eigenvalue weighted by atomic mass is 10.0. The van der Waals surface area contributed by atoms with Crippen molar-refractivity contribution < 1.29 is 27.9 Å². The number of imidazole rings is 1. The maximum absolute atomic E-state index is 13.3.